The molecule has 2 aromatic carbocycles. The summed E-state index contributed by atoms with van der Waals surface area (Å²) in [4.78, 5) is 24.1. The van der Waals surface area contributed by atoms with Crippen molar-refractivity contribution in [2.24, 2.45) is 0 Å². The van der Waals surface area contributed by atoms with Crippen LogP contribution in [0.15, 0.2) is 58.3 Å². The molecule has 0 radical (unpaired) electrons. The van der Waals surface area contributed by atoms with Gasteiger partial charge in [-0.15, -0.1) is 0 Å². The Morgan fingerprint density at radius 1 is 0.895 bits per heavy atom. The molecule has 2 aromatic rings. The molecule has 96 valence electrons. The lowest BCUT2D eigenvalue weighted by Gasteiger charge is -2.07. The average molecular weight is 311 g/mol. The first kappa shape index (κ1) is 14.1. The maximum Gasteiger partial charge on any atom is 0.253 e. The number of hydrogen-bond donors (Lipinski definition) is 0. The van der Waals surface area contributed by atoms with E-state index in [1.54, 1.807) is 6.07 Å². The summed E-state index contributed by atoms with van der Waals surface area (Å²) in [7, 11) is 0. The molecule has 0 saturated carbocycles. The molecule has 0 aliphatic rings. The number of hydrogen-bond acceptors (Lipinski definition) is 3. The number of rotatable bonds is 4. The van der Waals surface area contributed by atoms with Crippen LogP contribution in [0.4, 0.5) is 0 Å². The summed E-state index contributed by atoms with van der Waals surface area (Å²) in [5.41, 5.74) is 0.693. The zero-order chi connectivity index (χ0) is 13.8. The van der Waals surface area contributed by atoms with Crippen LogP contribution in [-0.2, 0) is 0 Å². The minimum Gasteiger partial charge on any atom is -0.276 e. The fourth-order valence-electron chi connectivity index (χ4n) is 1.51. The molecule has 5 heteroatoms. The topological polar surface area (TPSA) is 34.1 Å². The quantitative estimate of drug-likeness (QED) is 0.774. The maximum atomic E-state index is 11.4. The highest BCUT2D eigenvalue weighted by molar-refractivity contribution is 7.99. The van der Waals surface area contributed by atoms with E-state index in [9.17, 15) is 9.59 Å². The van der Waals surface area contributed by atoms with Crippen LogP contribution in [0, 0.1) is 0 Å². The Balaban J connectivity index is 2.43. The number of benzene rings is 2. The van der Waals surface area contributed by atoms with E-state index in [2.05, 4.69) is 0 Å². The van der Waals surface area contributed by atoms with Crippen molar-refractivity contribution in [2.45, 2.75) is 9.79 Å². The lowest BCUT2D eigenvalue weighted by Crippen LogP contribution is -1.96. The highest BCUT2D eigenvalue weighted by Crippen LogP contribution is 2.32. The molecule has 0 aliphatic heterocycles. The molecule has 0 aromatic heterocycles. The van der Waals surface area contributed by atoms with Crippen molar-refractivity contribution in [2.75, 3.05) is 0 Å². The largest absolute Gasteiger partial charge is 0.276 e. The van der Waals surface area contributed by atoms with Gasteiger partial charge in [0.05, 0.1) is 0 Å². The van der Waals surface area contributed by atoms with E-state index >= 15 is 0 Å². The summed E-state index contributed by atoms with van der Waals surface area (Å²) >= 11 is 12.3. The minimum atomic E-state index is -0.566. The third kappa shape index (κ3) is 3.60. The second-order valence-corrected chi connectivity index (χ2v) is 5.48. The molecule has 0 bridgehead atoms. The number of halogens is 2. The monoisotopic (exact) mass is 310 g/mol. The van der Waals surface area contributed by atoms with Gasteiger partial charge in [-0.3, -0.25) is 9.59 Å². The molecule has 0 fully saturated rings. The van der Waals surface area contributed by atoms with Gasteiger partial charge in [0.2, 0.25) is 0 Å². The summed E-state index contributed by atoms with van der Waals surface area (Å²) in [5.74, 6) is 0. The molecule has 2 nitrogen and oxygen atoms in total. The maximum absolute atomic E-state index is 11.4. The van der Waals surface area contributed by atoms with Gasteiger partial charge in [-0.2, -0.15) is 0 Å². The predicted molar refractivity (Wildman–Crippen MR) is 77.4 cm³/mol. The molecule has 0 N–H and O–H groups in total. The second-order valence-electron chi connectivity index (χ2n) is 3.67. The summed E-state index contributed by atoms with van der Waals surface area (Å²) in [6.45, 7) is 0. The Hall–Kier alpha value is -1.29. The fourth-order valence-corrected chi connectivity index (χ4v) is 2.85. The van der Waals surface area contributed by atoms with Gasteiger partial charge in [0.15, 0.2) is 0 Å². The average Bonchev–Trinajstić information content (AvgIpc) is 2.39. The van der Waals surface area contributed by atoms with E-state index in [4.69, 9.17) is 23.2 Å². The highest BCUT2D eigenvalue weighted by atomic mass is 35.5. The molecule has 0 saturated heterocycles. The third-order valence-electron chi connectivity index (χ3n) is 2.39. The first-order valence-corrected chi connectivity index (χ1v) is 6.92. The molecule has 0 heterocycles. The van der Waals surface area contributed by atoms with Gasteiger partial charge in [-0.05, 0) is 53.5 Å². The van der Waals surface area contributed by atoms with Crippen LogP contribution < -0.4 is 0 Å². The van der Waals surface area contributed by atoms with Crippen molar-refractivity contribution in [3.05, 3.63) is 59.7 Å². The first-order valence-electron chi connectivity index (χ1n) is 5.34. The third-order valence-corrected chi connectivity index (χ3v) is 3.88. The molecule has 19 heavy (non-hydrogen) atoms. The Labute approximate surface area is 124 Å². The summed E-state index contributed by atoms with van der Waals surface area (Å²) in [6.07, 6.45) is 0. The van der Waals surface area contributed by atoms with E-state index < -0.39 is 10.5 Å². The van der Waals surface area contributed by atoms with Crippen molar-refractivity contribution < 1.29 is 9.59 Å². The Morgan fingerprint density at radius 3 is 2.16 bits per heavy atom. The summed E-state index contributed by atoms with van der Waals surface area (Å²) in [5, 5.41) is -1.13. The van der Waals surface area contributed by atoms with Crippen molar-refractivity contribution in [3.63, 3.8) is 0 Å². The summed E-state index contributed by atoms with van der Waals surface area (Å²) in [6, 6.07) is 14.1. The number of carbonyl (C=O) groups excluding carboxylic acids is 2. The highest BCUT2D eigenvalue weighted by Gasteiger charge is 2.13. The van der Waals surface area contributed by atoms with Crippen molar-refractivity contribution in [1.82, 2.24) is 0 Å². The van der Waals surface area contributed by atoms with Gasteiger partial charge in [-0.25, -0.2) is 0 Å². The van der Waals surface area contributed by atoms with Crippen LogP contribution in [0.5, 0.6) is 0 Å². The van der Waals surface area contributed by atoms with Crippen LogP contribution in [0.2, 0.25) is 0 Å². The van der Waals surface area contributed by atoms with Gasteiger partial charge in [0, 0.05) is 20.9 Å². The Bertz CT molecular complexity index is 627. The summed E-state index contributed by atoms with van der Waals surface area (Å²) < 4.78 is 0. The van der Waals surface area contributed by atoms with E-state index in [-0.39, 0.29) is 0 Å². The molecule has 2 rings (SSSR count). The minimum absolute atomic E-state index is 0.335. The van der Waals surface area contributed by atoms with Crippen LogP contribution in [0.25, 0.3) is 0 Å². The predicted octanol–water partition coefficient (Wildman–Crippen LogP) is 4.60. The van der Waals surface area contributed by atoms with Gasteiger partial charge >= 0.3 is 0 Å². The Morgan fingerprint density at radius 2 is 1.58 bits per heavy atom. The number of carbonyl (C=O) groups is 2. The van der Waals surface area contributed by atoms with Crippen LogP contribution >= 0.6 is 35.0 Å². The van der Waals surface area contributed by atoms with Crippen LogP contribution in [0.3, 0.4) is 0 Å². The fraction of sp³-hybridized carbons (Fsp3) is 0. The second kappa shape index (κ2) is 6.24. The van der Waals surface area contributed by atoms with Crippen molar-refractivity contribution in [1.29, 1.82) is 0 Å². The van der Waals surface area contributed by atoms with Gasteiger partial charge in [-0.1, -0.05) is 30.0 Å². The molecular formula is C14H8Cl2O2S. The molecule has 0 spiro atoms. The van der Waals surface area contributed by atoms with Crippen molar-refractivity contribution >= 4 is 45.4 Å². The van der Waals surface area contributed by atoms with Gasteiger partial charge in [0.1, 0.15) is 0 Å². The van der Waals surface area contributed by atoms with Crippen LogP contribution in [0.1, 0.15) is 20.7 Å². The zero-order valence-electron chi connectivity index (χ0n) is 9.60. The molecule has 0 unspecified atom stereocenters. The van der Waals surface area contributed by atoms with Crippen molar-refractivity contribution in [3.8, 4) is 0 Å². The smallest absolute Gasteiger partial charge is 0.253 e. The molecule has 0 atom stereocenters. The lowest BCUT2D eigenvalue weighted by molar-refractivity contribution is 0.106. The lowest BCUT2D eigenvalue weighted by atomic mass is 10.1. The van der Waals surface area contributed by atoms with Gasteiger partial charge in [0.25, 0.3) is 10.5 Å². The van der Waals surface area contributed by atoms with E-state index in [1.807, 2.05) is 30.3 Å². The van der Waals surface area contributed by atoms with E-state index in [0.29, 0.717) is 16.0 Å². The normalized spacial score (nSPS) is 10.2. The Kier molecular flexibility index (Phi) is 4.64. The standard InChI is InChI=1S/C14H8Cl2O2S/c15-13(17)9-6-7-11(14(16)18)12(8-9)19-10-4-2-1-3-5-10/h1-8H. The van der Waals surface area contributed by atoms with E-state index in [0.717, 1.165) is 4.90 Å². The SMILES string of the molecule is O=C(Cl)c1ccc(C(=O)Cl)c(Sc2ccccc2)c1. The molecule has 0 aliphatic carbocycles. The first-order chi connectivity index (χ1) is 9.08. The zero-order valence-corrected chi connectivity index (χ0v) is 11.9. The van der Waals surface area contributed by atoms with Gasteiger partial charge < -0.3 is 0 Å². The molecular weight excluding hydrogens is 303 g/mol. The molecule has 0 amide bonds. The van der Waals surface area contributed by atoms with Crippen LogP contribution in [-0.4, -0.2) is 10.5 Å². The van der Waals surface area contributed by atoms with E-state index in [1.165, 1.54) is 23.9 Å².